The highest BCUT2D eigenvalue weighted by Gasteiger charge is 2.28. The van der Waals surface area contributed by atoms with Crippen LogP contribution in [0.5, 0.6) is 5.75 Å². The van der Waals surface area contributed by atoms with Crippen molar-refractivity contribution in [2.24, 2.45) is 0 Å². The van der Waals surface area contributed by atoms with Crippen LogP contribution in [0.4, 0.5) is 5.69 Å². The molecular weight excluding hydrogens is 288 g/mol. The summed E-state index contributed by atoms with van der Waals surface area (Å²) in [5.74, 6) is 0.596. The molecule has 1 aliphatic rings. The van der Waals surface area contributed by atoms with Crippen molar-refractivity contribution in [3.05, 3.63) is 23.8 Å². The average molecular weight is 312 g/mol. The van der Waals surface area contributed by atoms with Crippen LogP contribution in [0.15, 0.2) is 18.2 Å². The molecule has 118 valence electrons. The van der Waals surface area contributed by atoms with Gasteiger partial charge in [0.05, 0.1) is 11.5 Å². The molecule has 1 heterocycles. The van der Waals surface area contributed by atoms with Gasteiger partial charge >= 0.3 is 0 Å². The fraction of sp³-hybridized carbons (Fsp3) is 0.600. The zero-order chi connectivity index (χ0) is 15.6. The van der Waals surface area contributed by atoms with Crippen LogP contribution < -0.4 is 10.2 Å². The molecule has 1 aromatic rings. The quantitative estimate of drug-likeness (QED) is 0.885. The number of rotatable bonds is 4. The zero-order valence-corrected chi connectivity index (χ0v) is 13.7. The molecule has 0 bridgehead atoms. The predicted molar refractivity (Wildman–Crippen MR) is 85.7 cm³/mol. The molecule has 0 spiro atoms. The number of anilines is 1. The van der Waals surface area contributed by atoms with Crippen molar-refractivity contribution in [2.45, 2.75) is 32.9 Å². The first kappa shape index (κ1) is 16.1. The number of nitrogens with one attached hydrogen (secondary N) is 1. The van der Waals surface area contributed by atoms with Crippen LogP contribution in [0.2, 0.25) is 0 Å². The van der Waals surface area contributed by atoms with Crippen LogP contribution in [-0.4, -0.2) is 44.2 Å². The number of sulfone groups is 1. The number of phenolic OH excluding ortho intramolecular Hbond substituents is 1. The predicted octanol–water partition coefficient (Wildman–Crippen LogP) is 1.69. The average Bonchev–Trinajstić information content (AvgIpc) is 2.37. The molecule has 6 heteroatoms. The third-order valence-electron chi connectivity index (χ3n) is 3.99. The Morgan fingerprint density at radius 2 is 2.19 bits per heavy atom. The van der Waals surface area contributed by atoms with E-state index in [1.54, 1.807) is 6.07 Å². The molecule has 0 amide bonds. The van der Waals surface area contributed by atoms with Crippen molar-refractivity contribution < 1.29 is 13.5 Å². The topological polar surface area (TPSA) is 69.6 Å². The minimum Gasteiger partial charge on any atom is -0.508 e. The van der Waals surface area contributed by atoms with Gasteiger partial charge in [-0.15, -0.1) is 0 Å². The Morgan fingerprint density at radius 3 is 2.76 bits per heavy atom. The highest BCUT2D eigenvalue weighted by molar-refractivity contribution is 7.91. The molecule has 1 aliphatic heterocycles. The Labute approximate surface area is 126 Å². The van der Waals surface area contributed by atoms with Crippen molar-refractivity contribution in [3.8, 4) is 5.75 Å². The molecule has 1 fully saturated rings. The van der Waals surface area contributed by atoms with E-state index < -0.39 is 9.84 Å². The molecule has 2 atom stereocenters. The van der Waals surface area contributed by atoms with E-state index in [0.717, 1.165) is 17.8 Å². The maximum absolute atomic E-state index is 11.6. The number of phenols is 1. The Morgan fingerprint density at radius 1 is 1.48 bits per heavy atom. The normalized spacial score (nSPS) is 23.0. The van der Waals surface area contributed by atoms with Gasteiger partial charge in [0.25, 0.3) is 0 Å². The Kier molecular flexibility index (Phi) is 4.78. The second kappa shape index (κ2) is 6.23. The molecular formula is C15H24N2O3S. The molecule has 1 aromatic carbocycles. The Hall–Kier alpha value is -1.27. The molecule has 1 saturated heterocycles. The summed E-state index contributed by atoms with van der Waals surface area (Å²) < 4.78 is 23.3. The van der Waals surface area contributed by atoms with E-state index in [1.165, 1.54) is 0 Å². The lowest BCUT2D eigenvalue weighted by atomic mass is 10.1. The molecule has 5 nitrogen and oxygen atoms in total. The number of hydrogen-bond donors (Lipinski definition) is 2. The van der Waals surface area contributed by atoms with E-state index in [1.807, 2.05) is 37.8 Å². The van der Waals surface area contributed by atoms with Gasteiger partial charge in [0.1, 0.15) is 5.75 Å². The van der Waals surface area contributed by atoms with Gasteiger partial charge in [-0.25, -0.2) is 8.42 Å². The van der Waals surface area contributed by atoms with Gasteiger partial charge in [-0.05, 0) is 26.5 Å². The minimum atomic E-state index is -2.93. The third-order valence-corrected chi connectivity index (χ3v) is 5.79. The van der Waals surface area contributed by atoms with Crippen molar-refractivity contribution >= 4 is 15.5 Å². The van der Waals surface area contributed by atoms with Gasteiger partial charge < -0.3 is 15.3 Å². The summed E-state index contributed by atoms with van der Waals surface area (Å²) in [6.45, 7) is 7.25. The van der Waals surface area contributed by atoms with Crippen LogP contribution in [0, 0.1) is 0 Å². The fourth-order valence-corrected chi connectivity index (χ4v) is 4.43. The summed E-state index contributed by atoms with van der Waals surface area (Å²) in [4.78, 5) is 2.04. The molecule has 2 N–H and O–H groups in total. The first-order valence-corrected chi connectivity index (χ1v) is 9.19. The molecule has 0 aliphatic carbocycles. The maximum atomic E-state index is 11.6. The van der Waals surface area contributed by atoms with Crippen LogP contribution in [0.25, 0.3) is 0 Å². The van der Waals surface area contributed by atoms with E-state index in [9.17, 15) is 13.5 Å². The SMILES string of the molecule is CCNC(C)c1ccc(N2CCS(=O)(=O)CC2C)cc1O. The summed E-state index contributed by atoms with van der Waals surface area (Å²) in [5, 5.41) is 13.5. The standard InChI is InChI=1S/C15H24N2O3S/c1-4-16-12(3)14-6-5-13(9-15(14)18)17-7-8-21(19,20)10-11(17)2/h5-6,9,11-12,16,18H,4,7-8,10H2,1-3H3. The van der Waals surface area contributed by atoms with Gasteiger partial charge in [-0.1, -0.05) is 13.0 Å². The van der Waals surface area contributed by atoms with E-state index in [-0.39, 0.29) is 29.3 Å². The molecule has 21 heavy (non-hydrogen) atoms. The lowest BCUT2D eigenvalue weighted by molar-refractivity contribution is 0.454. The summed E-state index contributed by atoms with van der Waals surface area (Å²) in [5.41, 5.74) is 1.74. The molecule has 0 saturated carbocycles. The van der Waals surface area contributed by atoms with Gasteiger partial charge in [0.2, 0.25) is 0 Å². The highest BCUT2D eigenvalue weighted by atomic mass is 32.2. The van der Waals surface area contributed by atoms with Gasteiger partial charge in [-0.2, -0.15) is 0 Å². The first-order valence-electron chi connectivity index (χ1n) is 7.37. The van der Waals surface area contributed by atoms with Gasteiger partial charge in [0.15, 0.2) is 9.84 Å². The second-order valence-electron chi connectivity index (χ2n) is 5.68. The van der Waals surface area contributed by atoms with Crippen LogP contribution in [0.1, 0.15) is 32.4 Å². The molecule has 2 unspecified atom stereocenters. The highest BCUT2D eigenvalue weighted by Crippen LogP contribution is 2.31. The van der Waals surface area contributed by atoms with Crippen LogP contribution in [0.3, 0.4) is 0 Å². The van der Waals surface area contributed by atoms with Crippen LogP contribution in [-0.2, 0) is 9.84 Å². The first-order chi connectivity index (χ1) is 9.84. The summed E-state index contributed by atoms with van der Waals surface area (Å²) >= 11 is 0. The molecule has 0 aromatic heterocycles. The van der Waals surface area contributed by atoms with E-state index in [4.69, 9.17) is 0 Å². The van der Waals surface area contributed by atoms with E-state index in [0.29, 0.717) is 6.54 Å². The molecule has 2 rings (SSSR count). The molecule has 0 radical (unpaired) electrons. The van der Waals surface area contributed by atoms with Crippen LogP contribution >= 0.6 is 0 Å². The maximum Gasteiger partial charge on any atom is 0.154 e. The summed E-state index contributed by atoms with van der Waals surface area (Å²) in [6.07, 6.45) is 0. The Bertz CT molecular complexity index is 601. The lowest BCUT2D eigenvalue weighted by Crippen LogP contribution is -2.47. The smallest absolute Gasteiger partial charge is 0.154 e. The van der Waals surface area contributed by atoms with Crippen molar-refractivity contribution in [2.75, 3.05) is 29.5 Å². The monoisotopic (exact) mass is 312 g/mol. The van der Waals surface area contributed by atoms with E-state index in [2.05, 4.69) is 5.32 Å². The number of hydrogen-bond acceptors (Lipinski definition) is 5. The van der Waals surface area contributed by atoms with Crippen molar-refractivity contribution in [3.63, 3.8) is 0 Å². The lowest BCUT2D eigenvalue weighted by Gasteiger charge is -2.35. The number of aromatic hydroxyl groups is 1. The van der Waals surface area contributed by atoms with Gasteiger partial charge in [-0.3, -0.25) is 0 Å². The fourth-order valence-electron chi connectivity index (χ4n) is 2.88. The zero-order valence-electron chi connectivity index (χ0n) is 12.8. The van der Waals surface area contributed by atoms with Crippen molar-refractivity contribution in [1.29, 1.82) is 0 Å². The third kappa shape index (κ3) is 3.68. The largest absolute Gasteiger partial charge is 0.508 e. The minimum absolute atomic E-state index is 0.0693. The second-order valence-corrected chi connectivity index (χ2v) is 7.91. The Balaban J connectivity index is 2.20. The number of nitrogens with zero attached hydrogens (tertiary/aromatic N) is 1. The summed E-state index contributed by atoms with van der Waals surface area (Å²) in [7, 11) is -2.93. The van der Waals surface area contributed by atoms with E-state index >= 15 is 0 Å². The number of benzene rings is 1. The van der Waals surface area contributed by atoms with Crippen molar-refractivity contribution in [1.82, 2.24) is 5.32 Å². The summed E-state index contributed by atoms with van der Waals surface area (Å²) in [6, 6.07) is 5.62. The van der Waals surface area contributed by atoms with Gasteiger partial charge in [0, 0.05) is 35.9 Å².